The van der Waals surface area contributed by atoms with Gasteiger partial charge in [0, 0.05) is 47.0 Å². The number of nitrogens with two attached hydrogens (primary N) is 1. The SMILES string of the molecule is CC.CC(C)(C)CC(=O)Nc1ccc(N2CCc3cc(F)ccc3C2)c(F)c1N.CC(C)(C)CC(=O)Nc1ccc(N2CCc3cc(F)ccc3C2)c(F)c1N(C(=O)OC(C)(C)C)C(=O)OC(C)(C)C.CCO.Cl.[2H]CC. The molecular formula is C58H85ClF4N6O7. The minimum absolute atomic E-state index is 0. The van der Waals surface area contributed by atoms with E-state index >= 15 is 4.39 Å². The zero-order valence-electron chi connectivity index (χ0n) is 48.6. The third-order valence-electron chi connectivity index (χ3n) is 10.6. The molecule has 0 saturated heterocycles. The number of aliphatic hydroxyl groups excluding tert-OH is 1. The molecule has 0 unspecified atom stereocenters. The average molecular weight is 1090 g/mol. The lowest BCUT2D eigenvalue weighted by molar-refractivity contribution is -0.118. The summed E-state index contributed by atoms with van der Waals surface area (Å²) in [5.41, 5.74) is 7.07. The number of rotatable bonds is 7. The molecule has 0 bridgehead atoms. The Balaban J connectivity index is 0.000000709. The molecule has 13 nitrogen and oxygen atoms in total. The number of aliphatic hydroxyl groups is 1. The predicted molar refractivity (Wildman–Crippen MR) is 303 cm³/mol. The molecule has 0 aliphatic carbocycles. The smallest absolute Gasteiger partial charge is 0.424 e. The Morgan fingerprint density at radius 1 is 0.632 bits per heavy atom. The summed E-state index contributed by atoms with van der Waals surface area (Å²) >= 11 is 0. The molecule has 6 rings (SSSR count). The second kappa shape index (κ2) is 29.4. The van der Waals surface area contributed by atoms with Crippen LogP contribution >= 0.6 is 12.4 Å². The monoisotopic (exact) mass is 1090 g/mol. The lowest BCUT2D eigenvalue weighted by Gasteiger charge is -2.33. The molecule has 2 heterocycles. The molecule has 0 spiro atoms. The van der Waals surface area contributed by atoms with Gasteiger partial charge in [0.1, 0.15) is 28.5 Å². The van der Waals surface area contributed by atoms with Gasteiger partial charge in [0.15, 0.2) is 11.6 Å². The van der Waals surface area contributed by atoms with Crippen LogP contribution in [-0.4, -0.2) is 60.0 Å². The van der Waals surface area contributed by atoms with Crippen molar-refractivity contribution in [3.8, 4) is 0 Å². The van der Waals surface area contributed by atoms with Gasteiger partial charge in [-0.05, 0) is 143 Å². The molecule has 2 aliphatic rings. The number of benzene rings is 4. The highest BCUT2D eigenvalue weighted by Gasteiger charge is 2.38. The molecule has 4 aromatic carbocycles. The first kappa shape index (κ1) is 66.0. The van der Waals surface area contributed by atoms with Gasteiger partial charge < -0.3 is 40.7 Å². The number of anilines is 6. The molecule has 2 aliphatic heterocycles. The molecule has 4 amide bonds. The van der Waals surface area contributed by atoms with E-state index in [1.54, 1.807) is 84.6 Å². The number of imide groups is 1. The maximum atomic E-state index is 16.7. The second-order valence-electron chi connectivity index (χ2n) is 22.0. The van der Waals surface area contributed by atoms with Crippen molar-refractivity contribution in [2.75, 3.05) is 50.8 Å². The van der Waals surface area contributed by atoms with Gasteiger partial charge >= 0.3 is 12.2 Å². The number of ether oxygens (including phenoxy) is 2. The highest BCUT2D eigenvalue weighted by atomic mass is 35.5. The summed E-state index contributed by atoms with van der Waals surface area (Å²) in [6, 6.07) is 15.4. The number of fused-ring (bicyclic) bond motifs is 2. The van der Waals surface area contributed by atoms with Crippen molar-refractivity contribution in [3.63, 3.8) is 0 Å². The summed E-state index contributed by atoms with van der Waals surface area (Å²) in [7, 11) is 0. The molecule has 0 fully saturated rings. The van der Waals surface area contributed by atoms with Crippen LogP contribution in [0.1, 0.15) is 154 Å². The van der Waals surface area contributed by atoms with E-state index < -0.39 is 46.6 Å². The van der Waals surface area contributed by atoms with Crippen molar-refractivity contribution in [2.24, 2.45) is 10.8 Å². The summed E-state index contributed by atoms with van der Waals surface area (Å²) in [6.45, 7) is 31.1. The molecule has 18 heteroatoms. The van der Waals surface area contributed by atoms with Gasteiger partial charge in [-0.3, -0.25) is 9.59 Å². The molecular weight excluding hydrogens is 1000 g/mol. The van der Waals surface area contributed by atoms with E-state index in [2.05, 4.69) is 10.6 Å². The third-order valence-corrected chi connectivity index (χ3v) is 10.6. The van der Waals surface area contributed by atoms with E-state index in [1.165, 1.54) is 36.4 Å². The van der Waals surface area contributed by atoms with E-state index in [1.807, 2.05) is 60.3 Å². The fraction of sp³-hybridized carbons (Fsp3) is 0.517. The van der Waals surface area contributed by atoms with Crippen molar-refractivity contribution >= 4 is 70.5 Å². The number of halogens is 5. The Kier molecular flexibility index (Phi) is 25.6. The summed E-state index contributed by atoms with van der Waals surface area (Å²) in [5.74, 6) is -2.68. The first-order valence-electron chi connectivity index (χ1n) is 26.1. The summed E-state index contributed by atoms with van der Waals surface area (Å²) in [5, 5.41) is 12.9. The second-order valence-corrected chi connectivity index (χ2v) is 22.0. The van der Waals surface area contributed by atoms with Crippen molar-refractivity contribution < 1.29 is 52.7 Å². The topological polar surface area (TPSA) is 167 Å². The van der Waals surface area contributed by atoms with E-state index in [-0.39, 0.29) is 83.1 Å². The van der Waals surface area contributed by atoms with Crippen LogP contribution in [0, 0.1) is 34.1 Å². The fourth-order valence-corrected chi connectivity index (χ4v) is 7.73. The maximum absolute atomic E-state index is 16.7. The number of hydrogen-bond acceptors (Lipinski definition) is 10. The Labute approximate surface area is 457 Å². The first-order chi connectivity index (χ1) is 35.2. The zero-order valence-corrected chi connectivity index (χ0v) is 48.4. The molecule has 0 saturated carbocycles. The van der Waals surface area contributed by atoms with Crippen LogP contribution < -0.4 is 31.1 Å². The molecule has 76 heavy (non-hydrogen) atoms. The number of nitrogens with zero attached hydrogens (tertiary/aromatic N) is 3. The maximum Gasteiger partial charge on any atom is 0.424 e. The Hall–Kier alpha value is -6.07. The van der Waals surface area contributed by atoms with Gasteiger partial charge in [-0.25, -0.2) is 27.2 Å². The quantitative estimate of drug-likeness (QED) is 0.103. The van der Waals surface area contributed by atoms with Crippen molar-refractivity contribution in [1.29, 1.82) is 0 Å². The van der Waals surface area contributed by atoms with E-state index in [0.717, 1.165) is 22.3 Å². The molecule has 4 aromatic rings. The first-order valence-corrected chi connectivity index (χ1v) is 25.4. The van der Waals surface area contributed by atoms with E-state index in [9.17, 15) is 32.3 Å². The van der Waals surface area contributed by atoms with Crippen molar-refractivity contribution in [1.82, 2.24) is 0 Å². The van der Waals surface area contributed by atoms with Crippen LogP contribution in [0.15, 0.2) is 60.7 Å². The molecule has 0 atom stereocenters. The van der Waals surface area contributed by atoms with Crippen LogP contribution in [-0.2, 0) is 45.0 Å². The minimum atomic E-state index is -1.16. The van der Waals surface area contributed by atoms with Crippen LogP contribution in [0.5, 0.6) is 0 Å². The minimum Gasteiger partial charge on any atom is -0.443 e. The summed E-state index contributed by atoms with van der Waals surface area (Å²) in [4.78, 5) is 56.1. The van der Waals surface area contributed by atoms with Crippen LogP contribution in [0.2, 0.25) is 0 Å². The lowest BCUT2D eigenvalue weighted by Crippen LogP contribution is -2.45. The highest BCUT2D eigenvalue weighted by molar-refractivity contribution is 6.13. The Morgan fingerprint density at radius 3 is 1.36 bits per heavy atom. The third kappa shape index (κ3) is 21.2. The van der Waals surface area contributed by atoms with Crippen LogP contribution in [0.3, 0.4) is 0 Å². The number of nitrogen functional groups attached to an aromatic ring is 1. The van der Waals surface area contributed by atoms with E-state index in [4.69, 9.17) is 21.7 Å². The van der Waals surface area contributed by atoms with Crippen molar-refractivity contribution in [2.45, 2.75) is 168 Å². The highest BCUT2D eigenvalue weighted by Crippen LogP contribution is 2.40. The van der Waals surface area contributed by atoms with E-state index in [0.29, 0.717) is 56.4 Å². The number of carbonyl (C=O) groups excluding carboxylic acids is 4. The van der Waals surface area contributed by atoms with Gasteiger partial charge in [0.25, 0.3) is 0 Å². The number of nitrogens with one attached hydrogen (secondary N) is 2. The molecule has 0 radical (unpaired) electrons. The van der Waals surface area contributed by atoms with Gasteiger partial charge in [-0.15, -0.1) is 12.4 Å². The Morgan fingerprint density at radius 2 is 0.987 bits per heavy atom. The van der Waals surface area contributed by atoms with Crippen LogP contribution in [0.4, 0.5) is 61.3 Å². The molecule has 0 aromatic heterocycles. The summed E-state index contributed by atoms with van der Waals surface area (Å²) < 4.78 is 75.9. The number of carbonyl (C=O) groups is 4. The van der Waals surface area contributed by atoms with Crippen molar-refractivity contribution in [3.05, 3.63) is 106 Å². The normalized spacial score (nSPS) is 13.0. The lowest BCUT2D eigenvalue weighted by atomic mass is 9.92. The molecule has 424 valence electrons. The fourth-order valence-electron chi connectivity index (χ4n) is 7.73. The largest absolute Gasteiger partial charge is 0.443 e. The van der Waals surface area contributed by atoms with Gasteiger partial charge in [-0.2, -0.15) is 4.90 Å². The predicted octanol–water partition coefficient (Wildman–Crippen LogP) is 14.5. The zero-order chi connectivity index (χ0) is 58.1. The van der Waals surface area contributed by atoms with Gasteiger partial charge in [0.2, 0.25) is 11.8 Å². The number of hydrogen-bond donors (Lipinski definition) is 4. The Bertz CT molecular complexity index is 2570. The van der Waals surface area contributed by atoms with Gasteiger partial charge in [-0.1, -0.05) is 81.3 Å². The number of amides is 4. The molecule has 5 N–H and O–H groups in total. The van der Waals surface area contributed by atoms with Crippen LogP contribution in [0.25, 0.3) is 0 Å². The standard InChI is InChI=1S/C31H41F2N3O5.C21H25F2N3O.C2H6O.2C2H6.ClH/c1-29(2,3)17-24(37)34-22-12-13-23(35-15-14-19-16-21(32)11-10-20(19)18-35)25(33)26(22)36(27(38)40-30(4,5)6)28(39)41-31(7,8)9;1-21(2,3)11-18(27)25-16-6-7-17(19(23)20(16)24)26-9-8-13-10-15(22)5-4-14(13)12-26;1-2-3;2*1-2;/h10-13,16H,14-15,17-18H2,1-9H3,(H,34,37);4-7,10H,8-9,11-12,24H2,1-3H3,(H,25,27);3H,2H2,1H3;2*1-2H3;1H/i;;;1D;;. The van der Waals surface area contributed by atoms with Gasteiger partial charge in [0.05, 0.1) is 28.4 Å². The average Bonchev–Trinajstić information content (AvgIpc) is 3.28. The summed E-state index contributed by atoms with van der Waals surface area (Å²) in [6.07, 6.45) is -0.796.